The summed E-state index contributed by atoms with van der Waals surface area (Å²) >= 11 is 1.72. The molecule has 25 heavy (non-hydrogen) atoms. The van der Waals surface area contributed by atoms with Crippen molar-refractivity contribution < 1.29 is 0 Å². The monoisotopic (exact) mass is 351 g/mol. The molecule has 2 aromatic carbocycles. The van der Waals surface area contributed by atoms with Gasteiger partial charge in [0.2, 0.25) is 0 Å². The van der Waals surface area contributed by atoms with Crippen molar-refractivity contribution in [1.82, 2.24) is 4.90 Å². The molecule has 0 amide bonds. The van der Waals surface area contributed by atoms with Gasteiger partial charge in [-0.15, -0.1) is 0 Å². The van der Waals surface area contributed by atoms with Crippen LogP contribution in [0.2, 0.25) is 0 Å². The third kappa shape index (κ3) is 3.35. The van der Waals surface area contributed by atoms with Crippen LogP contribution in [0.15, 0.2) is 57.9 Å². The van der Waals surface area contributed by atoms with Gasteiger partial charge in [-0.1, -0.05) is 48.2 Å². The Balaban J connectivity index is 1.45. The number of guanidine groups is 1. The Hall–Kier alpha value is -2.47. The van der Waals surface area contributed by atoms with E-state index in [9.17, 15) is 0 Å². The van der Waals surface area contributed by atoms with Crippen LogP contribution in [0.1, 0.15) is 18.4 Å². The van der Waals surface area contributed by atoms with Crippen molar-refractivity contribution in [3.8, 4) is 0 Å². The molecule has 2 aromatic rings. The summed E-state index contributed by atoms with van der Waals surface area (Å²) in [5.74, 6) is 0.162. The second-order valence-corrected chi connectivity index (χ2v) is 7.14. The molecule has 2 aliphatic heterocycles. The molecular formula is C19H21N5S. The SMILES string of the molecule is NC(N)=NCCC[C@@H]1CN2C(c3ccc4ccccc4c3)=CSC2=N1. The van der Waals surface area contributed by atoms with Gasteiger partial charge in [0.15, 0.2) is 11.1 Å². The van der Waals surface area contributed by atoms with E-state index in [0.29, 0.717) is 12.6 Å². The summed E-state index contributed by atoms with van der Waals surface area (Å²) in [5, 5.41) is 5.85. The molecule has 0 radical (unpaired) electrons. The molecule has 0 fully saturated rings. The summed E-state index contributed by atoms with van der Waals surface area (Å²) in [4.78, 5) is 11.2. The van der Waals surface area contributed by atoms with E-state index >= 15 is 0 Å². The van der Waals surface area contributed by atoms with Gasteiger partial charge in [0.1, 0.15) is 0 Å². The normalized spacial score (nSPS) is 18.9. The van der Waals surface area contributed by atoms with Gasteiger partial charge in [0.05, 0.1) is 11.7 Å². The molecule has 5 nitrogen and oxygen atoms in total. The summed E-state index contributed by atoms with van der Waals surface area (Å²) in [6.07, 6.45) is 1.95. The van der Waals surface area contributed by atoms with Crippen molar-refractivity contribution in [2.45, 2.75) is 18.9 Å². The lowest BCUT2D eigenvalue weighted by Crippen LogP contribution is -2.24. The maximum Gasteiger partial charge on any atom is 0.185 e. The Labute approximate surface area is 151 Å². The third-order valence-corrected chi connectivity index (χ3v) is 5.40. The van der Waals surface area contributed by atoms with Crippen molar-refractivity contribution in [2.75, 3.05) is 13.1 Å². The summed E-state index contributed by atoms with van der Waals surface area (Å²) in [7, 11) is 0. The molecule has 2 heterocycles. The minimum atomic E-state index is 0.162. The van der Waals surface area contributed by atoms with Gasteiger partial charge in [-0.25, -0.2) is 0 Å². The van der Waals surface area contributed by atoms with Crippen molar-refractivity contribution in [3.63, 3.8) is 0 Å². The van der Waals surface area contributed by atoms with Crippen LogP contribution in [0.25, 0.3) is 16.5 Å². The number of thioether (sulfide) groups is 1. The molecule has 0 saturated heterocycles. The first-order chi connectivity index (χ1) is 12.2. The van der Waals surface area contributed by atoms with E-state index in [1.165, 1.54) is 22.0 Å². The lowest BCUT2D eigenvalue weighted by atomic mass is 10.0. The van der Waals surface area contributed by atoms with Gasteiger partial charge in [0, 0.05) is 18.5 Å². The predicted octanol–water partition coefficient (Wildman–Crippen LogP) is 2.98. The first-order valence-electron chi connectivity index (χ1n) is 8.47. The molecule has 0 spiro atoms. The Morgan fingerprint density at radius 3 is 2.88 bits per heavy atom. The number of rotatable bonds is 5. The lowest BCUT2D eigenvalue weighted by molar-refractivity contribution is 0.523. The highest BCUT2D eigenvalue weighted by molar-refractivity contribution is 8.16. The molecule has 1 atom stereocenters. The second kappa shape index (κ2) is 6.80. The van der Waals surface area contributed by atoms with Gasteiger partial charge in [-0.05, 0) is 35.2 Å². The number of amidine groups is 1. The van der Waals surface area contributed by atoms with Gasteiger partial charge >= 0.3 is 0 Å². The highest BCUT2D eigenvalue weighted by Crippen LogP contribution is 2.38. The van der Waals surface area contributed by atoms with Crippen molar-refractivity contribution in [2.24, 2.45) is 21.5 Å². The van der Waals surface area contributed by atoms with Crippen LogP contribution in [0.3, 0.4) is 0 Å². The van der Waals surface area contributed by atoms with Gasteiger partial charge in [-0.3, -0.25) is 9.98 Å². The quantitative estimate of drug-likeness (QED) is 0.493. The van der Waals surface area contributed by atoms with E-state index in [-0.39, 0.29) is 5.96 Å². The molecular weight excluding hydrogens is 330 g/mol. The summed E-state index contributed by atoms with van der Waals surface area (Å²) in [6.45, 7) is 1.60. The van der Waals surface area contributed by atoms with Crippen LogP contribution in [0.5, 0.6) is 0 Å². The Kier molecular flexibility index (Phi) is 4.36. The number of nitrogens with zero attached hydrogens (tertiary/aromatic N) is 3. The number of nitrogens with two attached hydrogens (primary N) is 2. The third-order valence-electron chi connectivity index (χ3n) is 4.52. The largest absolute Gasteiger partial charge is 0.370 e. The Morgan fingerprint density at radius 2 is 2.04 bits per heavy atom. The molecule has 0 aromatic heterocycles. The molecule has 6 heteroatoms. The maximum atomic E-state index is 5.36. The summed E-state index contributed by atoms with van der Waals surface area (Å²) in [5.41, 5.74) is 13.2. The number of aliphatic imine (C=N–C) groups is 2. The van der Waals surface area contributed by atoms with E-state index < -0.39 is 0 Å². The molecule has 0 bridgehead atoms. The molecule has 4 rings (SSSR count). The molecule has 128 valence electrons. The lowest BCUT2D eigenvalue weighted by Gasteiger charge is -2.18. The summed E-state index contributed by atoms with van der Waals surface area (Å²) in [6, 6.07) is 15.4. The second-order valence-electron chi connectivity index (χ2n) is 6.31. The van der Waals surface area contributed by atoms with Crippen LogP contribution in [0, 0.1) is 0 Å². The van der Waals surface area contributed by atoms with E-state index in [4.69, 9.17) is 16.5 Å². The average molecular weight is 351 g/mol. The topological polar surface area (TPSA) is 80.0 Å². The van der Waals surface area contributed by atoms with Gasteiger partial charge in [0.25, 0.3) is 0 Å². The van der Waals surface area contributed by atoms with E-state index in [0.717, 1.165) is 24.6 Å². The van der Waals surface area contributed by atoms with E-state index in [1.807, 2.05) is 0 Å². The smallest absolute Gasteiger partial charge is 0.185 e. The zero-order valence-corrected chi connectivity index (χ0v) is 14.7. The fourth-order valence-electron chi connectivity index (χ4n) is 3.29. The fraction of sp³-hybridized carbons (Fsp3) is 0.263. The number of benzene rings is 2. The molecule has 0 unspecified atom stereocenters. The van der Waals surface area contributed by atoms with Crippen LogP contribution < -0.4 is 11.5 Å². The summed E-state index contributed by atoms with van der Waals surface area (Å²) < 4.78 is 0. The first-order valence-corrected chi connectivity index (χ1v) is 9.35. The molecule has 4 N–H and O–H groups in total. The minimum absolute atomic E-state index is 0.162. The van der Waals surface area contributed by atoms with Crippen LogP contribution in [-0.2, 0) is 0 Å². The fourth-order valence-corrected chi connectivity index (χ4v) is 4.28. The van der Waals surface area contributed by atoms with E-state index in [2.05, 4.69) is 57.8 Å². The number of hydrogen-bond acceptors (Lipinski definition) is 4. The molecule has 2 aliphatic rings. The number of fused-ring (bicyclic) bond motifs is 2. The highest BCUT2D eigenvalue weighted by Gasteiger charge is 2.32. The molecule has 0 aliphatic carbocycles. The van der Waals surface area contributed by atoms with Crippen LogP contribution in [-0.4, -0.2) is 35.2 Å². The standard InChI is InChI=1S/C19H21N5S/c20-18(21)22-9-3-6-16-11-24-17(12-25-19(24)23-16)15-8-7-13-4-1-2-5-14(13)10-15/h1-2,4-5,7-8,10,12,16H,3,6,9,11H2,(H4,20,21,22)/t16-/m1/s1. The van der Waals surface area contributed by atoms with Gasteiger partial charge in [-0.2, -0.15) is 0 Å². The number of hydrogen-bond donors (Lipinski definition) is 2. The van der Waals surface area contributed by atoms with Crippen LogP contribution >= 0.6 is 11.8 Å². The first kappa shape index (κ1) is 16.0. The van der Waals surface area contributed by atoms with Gasteiger partial charge < -0.3 is 16.4 Å². The van der Waals surface area contributed by atoms with Crippen molar-refractivity contribution in [3.05, 3.63) is 53.4 Å². The highest BCUT2D eigenvalue weighted by atomic mass is 32.2. The van der Waals surface area contributed by atoms with Crippen molar-refractivity contribution >= 4 is 39.4 Å². The average Bonchev–Trinajstić information content (AvgIpc) is 3.18. The molecule has 0 saturated carbocycles. The van der Waals surface area contributed by atoms with Crippen LogP contribution in [0.4, 0.5) is 0 Å². The minimum Gasteiger partial charge on any atom is -0.370 e. The van der Waals surface area contributed by atoms with Crippen molar-refractivity contribution in [1.29, 1.82) is 0 Å². The predicted molar refractivity (Wildman–Crippen MR) is 107 cm³/mol. The Bertz CT molecular complexity index is 882. The Morgan fingerprint density at radius 1 is 1.20 bits per heavy atom. The maximum absolute atomic E-state index is 5.36. The zero-order chi connectivity index (χ0) is 17.2. The zero-order valence-electron chi connectivity index (χ0n) is 13.9. The van der Waals surface area contributed by atoms with E-state index in [1.54, 1.807) is 11.8 Å².